The monoisotopic (exact) mass is 530 g/mol. The quantitative estimate of drug-likeness (QED) is 0.281. The van der Waals surface area contributed by atoms with Gasteiger partial charge < -0.3 is 14.5 Å². The Labute approximate surface area is 235 Å². The molecule has 2 atom stereocenters. The Morgan fingerprint density at radius 3 is 2.54 bits per heavy atom. The van der Waals surface area contributed by atoms with Gasteiger partial charge in [0.15, 0.2) is 0 Å². The Morgan fingerprint density at radius 1 is 1.10 bits per heavy atom. The summed E-state index contributed by atoms with van der Waals surface area (Å²) in [5.41, 5.74) is 4.60. The topological polar surface area (TPSA) is 48.4 Å². The number of benzene rings is 2. The van der Waals surface area contributed by atoms with E-state index in [1.54, 1.807) is 6.21 Å². The summed E-state index contributed by atoms with van der Waals surface area (Å²) in [6, 6.07) is 18.3. The number of aliphatic imine (C=N–C) groups is 1. The molecule has 0 aliphatic carbocycles. The molecule has 3 rings (SSSR count). The van der Waals surface area contributed by atoms with E-state index in [2.05, 4.69) is 87.4 Å². The molecule has 210 valence electrons. The SMILES string of the molecule is C=C(/N=C\C1=C(C(C)CC)N(C)CCN(c2cccc(OCCN(C)Cc3ccccc3)c2)C1=O)C(C)CC. The van der Waals surface area contributed by atoms with Gasteiger partial charge in [-0.2, -0.15) is 0 Å². The highest BCUT2D eigenvalue weighted by Gasteiger charge is 2.30. The van der Waals surface area contributed by atoms with Crippen LogP contribution in [0.1, 0.15) is 46.1 Å². The first-order chi connectivity index (χ1) is 18.7. The van der Waals surface area contributed by atoms with E-state index >= 15 is 0 Å². The second-order valence-electron chi connectivity index (χ2n) is 10.6. The molecule has 0 fully saturated rings. The molecule has 0 saturated heterocycles. The van der Waals surface area contributed by atoms with Gasteiger partial charge in [-0.3, -0.25) is 14.7 Å². The van der Waals surface area contributed by atoms with Crippen molar-refractivity contribution >= 4 is 17.8 Å². The van der Waals surface area contributed by atoms with Crippen molar-refractivity contribution in [2.45, 2.75) is 47.1 Å². The van der Waals surface area contributed by atoms with Crippen LogP contribution in [0.4, 0.5) is 5.69 Å². The summed E-state index contributed by atoms with van der Waals surface area (Å²) < 4.78 is 6.11. The fourth-order valence-electron chi connectivity index (χ4n) is 4.68. The van der Waals surface area contributed by atoms with Crippen LogP contribution in [0.25, 0.3) is 0 Å². The zero-order valence-electron chi connectivity index (χ0n) is 24.7. The maximum Gasteiger partial charge on any atom is 0.261 e. The van der Waals surface area contributed by atoms with Gasteiger partial charge in [0, 0.05) is 62.6 Å². The third-order valence-electron chi connectivity index (χ3n) is 7.61. The Kier molecular flexibility index (Phi) is 11.4. The van der Waals surface area contributed by atoms with Crippen LogP contribution >= 0.6 is 0 Å². The number of ether oxygens (including phenoxy) is 1. The van der Waals surface area contributed by atoms with Gasteiger partial charge in [0.25, 0.3) is 5.91 Å². The number of nitrogens with zero attached hydrogens (tertiary/aromatic N) is 4. The highest BCUT2D eigenvalue weighted by molar-refractivity contribution is 6.19. The van der Waals surface area contributed by atoms with Crippen molar-refractivity contribution in [3.8, 4) is 5.75 Å². The van der Waals surface area contributed by atoms with Crippen LogP contribution in [0.5, 0.6) is 5.75 Å². The lowest BCUT2D eigenvalue weighted by atomic mass is 9.98. The van der Waals surface area contributed by atoms with Gasteiger partial charge in [-0.25, -0.2) is 0 Å². The minimum absolute atomic E-state index is 0.0323. The Balaban J connectivity index is 1.77. The van der Waals surface area contributed by atoms with Gasteiger partial charge in [0.2, 0.25) is 0 Å². The van der Waals surface area contributed by atoms with Crippen LogP contribution in [-0.2, 0) is 11.3 Å². The van der Waals surface area contributed by atoms with Crippen LogP contribution in [0.15, 0.2) is 83.1 Å². The first kappa shape index (κ1) is 30.2. The molecule has 0 bridgehead atoms. The van der Waals surface area contributed by atoms with E-state index < -0.39 is 0 Å². The lowest BCUT2D eigenvalue weighted by Gasteiger charge is -2.26. The van der Waals surface area contributed by atoms with E-state index in [-0.39, 0.29) is 17.7 Å². The molecule has 39 heavy (non-hydrogen) atoms. The molecule has 0 aromatic heterocycles. The molecular weight excluding hydrogens is 484 g/mol. The number of amides is 1. The summed E-state index contributed by atoms with van der Waals surface area (Å²) in [6.07, 6.45) is 3.65. The second-order valence-corrected chi connectivity index (χ2v) is 10.6. The van der Waals surface area contributed by atoms with Crippen LogP contribution in [-0.4, -0.2) is 62.3 Å². The predicted octanol–water partition coefficient (Wildman–Crippen LogP) is 6.41. The van der Waals surface area contributed by atoms with E-state index in [1.165, 1.54) is 5.56 Å². The fraction of sp³-hybridized carbons (Fsp3) is 0.455. The van der Waals surface area contributed by atoms with E-state index in [9.17, 15) is 4.79 Å². The highest BCUT2D eigenvalue weighted by Crippen LogP contribution is 2.29. The standard InChI is InChI=1S/C33H46N4O2/c1-8-25(3)27(5)34-23-31-32(26(4)9-2)36(7)18-19-37(33(31)38)29-16-13-17-30(22-29)39-21-20-35(6)24-28-14-11-10-12-15-28/h10-17,22-23,25-26H,5,8-9,18-21,24H2,1-4,6-7H3/b34-23-. The molecule has 0 spiro atoms. The predicted molar refractivity (Wildman–Crippen MR) is 163 cm³/mol. The minimum Gasteiger partial charge on any atom is -0.492 e. The van der Waals surface area contributed by atoms with Crippen LogP contribution in [0.2, 0.25) is 0 Å². The molecule has 0 saturated carbocycles. The number of anilines is 1. The molecule has 1 aliphatic heterocycles. The molecule has 1 aliphatic rings. The van der Waals surface area contributed by atoms with Crippen LogP contribution in [0, 0.1) is 11.8 Å². The van der Waals surface area contributed by atoms with Gasteiger partial charge in [0.05, 0.1) is 5.57 Å². The van der Waals surface area contributed by atoms with Crippen molar-refractivity contribution in [3.63, 3.8) is 0 Å². The zero-order valence-corrected chi connectivity index (χ0v) is 24.7. The fourth-order valence-corrected chi connectivity index (χ4v) is 4.68. The lowest BCUT2D eigenvalue weighted by molar-refractivity contribution is -0.114. The Hall–Kier alpha value is -3.38. The number of rotatable bonds is 13. The molecule has 1 heterocycles. The molecule has 1 amide bonds. The zero-order chi connectivity index (χ0) is 28.4. The summed E-state index contributed by atoms with van der Waals surface area (Å²) in [5, 5.41) is 0. The second kappa shape index (κ2) is 14.7. The summed E-state index contributed by atoms with van der Waals surface area (Å²) in [7, 11) is 4.17. The average molecular weight is 531 g/mol. The van der Waals surface area contributed by atoms with Crippen molar-refractivity contribution in [3.05, 3.63) is 83.7 Å². The third kappa shape index (κ3) is 8.30. The lowest BCUT2D eigenvalue weighted by Crippen LogP contribution is -2.34. The molecule has 6 nitrogen and oxygen atoms in total. The Bertz CT molecular complexity index is 1160. The smallest absolute Gasteiger partial charge is 0.261 e. The molecule has 2 unspecified atom stereocenters. The third-order valence-corrected chi connectivity index (χ3v) is 7.61. The molecule has 6 heteroatoms. The first-order valence-electron chi connectivity index (χ1n) is 14.2. The van der Waals surface area contributed by atoms with Gasteiger partial charge in [-0.05, 0) is 49.4 Å². The number of hydrogen-bond acceptors (Lipinski definition) is 5. The minimum atomic E-state index is -0.0323. The highest BCUT2D eigenvalue weighted by atomic mass is 16.5. The molecular formula is C33H46N4O2. The summed E-state index contributed by atoms with van der Waals surface area (Å²) in [5.74, 6) is 1.23. The van der Waals surface area contributed by atoms with Gasteiger partial charge in [-0.1, -0.05) is 70.7 Å². The van der Waals surface area contributed by atoms with Crippen molar-refractivity contribution in [2.75, 3.05) is 45.2 Å². The van der Waals surface area contributed by atoms with E-state index in [0.717, 1.165) is 55.3 Å². The summed E-state index contributed by atoms with van der Waals surface area (Å²) in [6.45, 7) is 16.3. The van der Waals surface area contributed by atoms with Crippen LogP contribution in [0.3, 0.4) is 0 Å². The number of carbonyl (C=O) groups is 1. The number of likely N-dealkylation sites (N-methyl/N-ethyl adjacent to an activating group) is 2. The van der Waals surface area contributed by atoms with E-state index in [4.69, 9.17) is 4.74 Å². The number of hydrogen-bond donors (Lipinski definition) is 0. The van der Waals surface area contributed by atoms with E-state index in [0.29, 0.717) is 18.7 Å². The normalized spacial score (nSPS) is 16.1. The number of carbonyl (C=O) groups excluding carboxylic acids is 1. The molecule has 2 aromatic rings. The Morgan fingerprint density at radius 2 is 1.85 bits per heavy atom. The number of allylic oxidation sites excluding steroid dienone is 2. The first-order valence-corrected chi connectivity index (χ1v) is 14.2. The molecule has 2 aromatic carbocycles. The summed E-state index contributed by atoms with van der Waals surface area (Å²) >= 11 is 0. The van der Waals surface area contributed by atoms with Gasteiger partial charge in [0.1, 0.15) is 12.4 Å². The summed E-state index contributed by atoms with van der Waals surface area (Å²) in [4.78, 5) is 25.0. The van der Waals surface area contributed by atoms with Crippen molar-refractivity contribution in [1.82, 2.24) is 9.80 Å². The largest absolute Gasteiger partial charge is 0.492 e. The van der Waals surface area contributed by atoms with Crippen molar-refractivity contribution in [2.24, 2.45) is 16.8 Å². The maximum absolute atomic E-state index is 14.0. The maximum atomic E-state index is 14.0. The molecule has 0 radical (unpaired) electrons. The van der Waals surface area contributed by atoms with Gasteiger partial charge >= 0.3 is 0 Å². The van der Waals surface area contributed by atoms with E-state index in [1.807, 2.05) is 35.2 Å². The van der Waals surface area contributed by atoms with Crippen molar-refractivity contribution < 1.29 is 9.53 Å². The van der Waals surface area contributed by atoms with Gasteiger partial charge in [-0.15, -0.1) is 0 Å². The van der Waals surface area contributed by atoms with Crippen LogP contribution < -0.4 is 9.64 Å². The average Bonchev–Trinajstić information content (AvgIpc) is 3.06. The van der Waals surface area contributed by atoms with Crippen molar-refractivity contribution in [1.29, 1.82) is 0 Å². The molecule has 0 N–H and O–H groups in total.